The Morgan fingerprint density at radius 2 is 2.04 bits per heavy atom. The Morgan fingerprint density at radius 1 is 1.33 bits per heavy atom. The van der Waals surface area contributed by atoms with E-state index in [2.05, 4.69) is 5.32 Å². The van der Waals surface area contributed by atoms with Crippen LogP contribution in [0.5, 0.6) is 5.75 Å². The van der Waals surface area contributed by atoms with Crippen molar-refractivity contribution >= 4 is 16.9 Å². The highest BCUT2D eigenvalue weighted by molar-refractivity contribution is 5.85. The summed E-state index contributed by atoms with van der Waals surface area (Å²) in [6.07, 6.45) is 1.60. The van der Waals surface area contributed by atoms with Crippen LogP contribution >= 0.6 is 0 Å². The third kappa shape index (κ3) is 3.76. The van der Waals surface area contributed by atoms with Crippen molar-refractivity contribution in [1.29, 1.82) is 0 Å². The van der Waals surface area contributed by atoms with Gasteiger partial charge in [0.15, 0.2) is 0 Å². The van der Waals surface area contributed by atoms with Gasteiger partial charge < -0.3 is 14.6 Å². The predicted octanol–water partition coefficient (Wildman–Crippen LogP) is 2.65. The molecule has 1 aromatic carbocycles. The lowest BCUT2D eigenvalue weighted by Crippen LogP contribution is -2.40. The fraction of sp³-hybridized carbons (Fsp3) is 0.444. The normalized spacial score (nSPS) is 12.7. The molecule has 0 saturated carbocycles. The number of phenolic OH excluding ortho intramolecular Hbond substituents is 1. The third-order valence-electron chi connectivity index (χ3n) is 4.03. The molecule has 2 aromatic rings. The van der Waals surface area contributed by atoms with Gasteiger partial charge in [0, 0.05) is 18.0 Å². The number of hydrogen-bond acceptors (Lipinski definition) is 5. The van der Waals surface area contributed by atoms with Gasteiger partial charge in [0.25, 0.3) is 0 Å². The molecular weight excluding hydrogens is 310 g/mol. The summed E-state index contributed by atoms with van der Waals surface area (Å²) in [5.41, 5.74) is 1.10. The van der Waals surface area contributed by atoms with E-state index in [-0.39, 0.29) is 18.2 Å². The molecule has 130 valence electrons. The first-order valence-electron chi connectivity index (χ1n) is 8.08. The van der Waals surface area contributed by atoms with Gasteiger partial charge in [0.05, 0.1) is 5.56 Å². The quantitative estimate of drug-likeness (QED) is 0.674. The highest BCUT2D eigenvalue weighted by Crippen LogP contribution is 2.29. The Labute approximate surface area is 140 Å². The Hall–Kier alpha value is -2.34. The van der Waals surface area contributed by atoms with Crippen LogP contribution in [-0.4, -0.2) is 22.2 Å². The molecule has 0 aliphatic rings. The summed E-state index contributed by atoms with van der Waals surface area (Å²) in [6, 6.07) is 3.97. The minimum atomic E-state index is -0.960. The van der Waals surface area contributed by atoms with E-state index in [1.165, 1.54) is 6.07 Å². The Morgan fingerprint density at radius 3 is 2.62 bits per heavy atom. The number of benzene rings is 1. The number of aliphatic carboxylic acids is 1. The molecule has 0 saturated heterocycles. The number of nitrogens with one attached hydrogen (secondary N) is 1. The van der Waals surface area contributed by atoms with Gasteiger partial charge in [-0.05, 0) is 30.0 Å². The average Bonchev–Trinajstić information content (AvgIpc) is 2.49. The summed E-state index contributed by atoms with van der Waals surface area (Å²) < 4.78 is 5.31. The molecule has 3 N–H and O–H groups in total. The first-order valence-corrected chi connectivity index (χ1v) is 8.08. The van der Waals surface area contributed by atoms with Crippen LogP contribution in [0.2, 0.25) is 0 Å². The number of hydrogen-bond donors (Lipinski definition) is 3. The molecular formula is C18H23NO5. The van der Waals surface area contributed by atoms with Gasteiger partial charge in [-0.2, -0.15) is 0 Å². The number of aromatic hydroxyl groups is 1. The van der Waals surface area contributed by atoms with Crippen LogP contribution < -0.4 is 10.9 Å². The van der Waals surface area contributed by atoms with Crippen LogP contribution in [0.4, 0.5) is 0 Å². The smallest absolute Gasteiger partial charge is 0.336 e. The van der Waals surface area contributed by atoms with E-state index in [1.54, 1.807) is 26.0 Å². The zero-order chi connectivity index (χ0) is 17.9. The Bertz CT molecular complexity index is 794. The minimum absolute atomic E-state index is 0.0281. The third-order valence-corrected chi connectivity index (χ3v) is 4.03. The first-order chi connectivity index (χ1) is 11.3. The van der Waals surface area contributed by atoms with Crippen molar-refractivity contribution in [2.45, 2.75) is 46.2 Å². The molecule has 0 aliphatic carbocycles. The van der Waals surface area contributed by atoms with E-state index in [0.29, 0.717) is 11.1 Å². The van der Waals surface area contributed by atoms with E-state index in [4.69, 9.17) is 4.42 Å². The van der Waals surface area contributed by atoms with Crippen molar-refractivity contribution in [3.8, 4) is 5.75 Å². The van der Waals surface area contributed by atoms with Crippen molar-refractivity contribution in [3.63, 3.8) is 0 Å². The molecule has 0 amide bonds. The van der Waals surface area contributed by atoms with Gasteiger partial charge in [-0.3, -0.25) is 10.1 Å². The van der Waals surface area contributed by atoms with Crippen LogP contribution in [0.3, 0.4) is 0 Å². The molecule has 0 fully saturated rings. The van der Waals surface area contributed by atoms with Gasteiger partial charge in [0.1, 0.15) is 17.4 Å². The summed E-state index contributed by atoms with van der Waals surface area (Å²) in [6.45, 7) is 5.71. The van der Waals surface area contributed by atoms with Crippen LogP contribution in [0.25, 0.3) is 11.0 Å². The standard InChI is InChI=1S/C18H23NO5/c1-4-5-11-8-15(21)24-17-12(11)6-7-14(20)13(17)9-19-16(10(2)3)18(22)23/h6-8,10,16,19-20H,4-5,9H2,1-3H3,(H,22,23)/t16-/m1/s1. The molecule has 0 aliphatic heterocycles. The zero-order valence-electron chi connectivity index (χ0n) is 14.1. The Balaban J connectivity index is 2.47. The van der Waals surface area contributed by atoms with E-state index in [9.17, 15) is 19.8 Å². The number of carboxylic acid groups (broad SMARTS) is 1. The fourth-order valence-electron chi connectivity index (χ4n) is 2.80. The molecule has 0 bridgehead atoms. The summed E-state index contributed by atoms with van der Waals surface area (Å²) in [5.74, 6) is -1.11. The summed E-state index contributed by atoms with van der Waals surface area (Å²) in [7, 11) is 0. The number of fused-ring (bicyclic) bond motifs is 1. The molecule has 1 atom stereocenters. The minimum Gasteiger partial charge on any atom is -0.507 e. The lowest BCUT2D eigenvalue weighted by molar-refractivity contribution is -0.140. The molecule has 2 rings (SSSR count). The predicted molar refractivity (Wildman–Crippen MR) is 91.2 cm³/mol. The zero-order valence-corrected chi connectivity index (χ0v) is 14.1. The van der Waals surface area contributed by atoms with Crippen LogP contribution in [0, 0.1) is 5.92 Å². The summed E-state index contributed by atoms with van der Waals surface area (Å²) in [5, 5.41) is 23.1. The van der Waals surface area contributed by atoms with E-state index in [1.807, 2.05) is 6.92 Å². The van der Waals surface area contributed by atoms with Crippen molar-refractivity contribution in [1.82, 2.24) is 5.32 Å². The summed E-state index contributed by atoms with van der Waals surface area (Å²) in [4.78, 5) is 23.1. The van der Waals surface area contributed by atoms with Gasteiger partial charge in [-0.1, -0.05) is 27.2 Å². The lowest BCUT2D eigenvalue weighted by Gasteiger charge is -2.19. The maximum atomic E-state index is 11.8. The van der Waals surface area contributed by atoms with Gasteiger partial charge in [0.2, 0.25) is 0 Å². The second-order valence-corrected chi connectivity index (χ2v) is 6.22. The highest BCUT2D eigenvalue weighted by Gasteiger charge is 2.22. The molecule has 24 heavy (non-hydrogen) atoms. The highest BCUT2D eigenvalue weighted by atomic mass is 16.4. The van der Waals surface area contributed by atoms with Crippen LogP contribution in [0.15, 0.2) is 27.4 Å². The molecule has 0 spiro atoms. The van der Waals surface area contributed by atoms with Crippen molar-refractivity contribution in [2.24, 2.45) is 5.92 Å². The van der Waals surface area contributed by atoms with Gasteiger partial charge in [-0.15, -0.1) is 0 Å². The topological polar surface area (TPSA) is 99.8 Å². The number of rotatable bonds is 7. The Kier molecular flexibility index (Phi) is 5.62. The molecule has 1 heterocycles. The van der Waals surface area contributed by atoms with Crippen LogP contribution in [-0.2, 0) is 17.8 Å². The largest absolute Gasteiger partial charge is 0.507 e. The van der Waals surface area contributed by atoms with E-state index in [0.717, 1.165) is 23.8 Å². The molecule has 0 unspecified atom stereocenters. The number of aryl methyl sites for hydroxylation is 1. The first kappa shape index (κ1) is 18.0. The SMILES string of the molecule is CCCc1cc(=O)oc2c(CN[C@@H](C(=O)O)C(C)C)c(O)ccc12. The maximum Gasteiger partial charge on any atom is 0.336 e. The molecule has 6 heteroatoms. The monoisotopic (exact) mass is 333 g/mol. The average molecular weight is 333 g/mol. The number of carbonyl (C=O) groups is 1. The van der Waals surface area contributed by atoms with Crippen molar-refractivity contribution in [3.05, 3.63) is 39.7 Å². The van der Waals surface area contributed by atoms with Crippen molar-refractivity contribution in [2.75, 3.05) is 0 Å². The molecule has 0 radical (unpaired) electrons. The number of phenols is 1. The molecule has 1 aromatic heterocycles. The van der Waals surface area contributed by atoms with Crippen LogP contribution in [0.1, 0.15) is 38.3 Å². The van der Waals surface area contributed by atoms with E-state index >= 15 is 0 Å². The fourth-order valence-corrected chi connectivity index (χ4v) is 2.80. The summed E-state index contributed by atoms with van der Waals surface area (Å²) >= 11 is 0. The van der Waals surface area contributed by atoms with Gasteiger partial charge in [-0.25, -0.2) is 4.79 Å². The lowest BCUT2D eigenvalue weighted by atomic mass is 10.0. The number of carboxylic acids is 1. The second kappa shape index (κ2) is 7.49. The molecule has 6 nitrogen and oxygen atoms in total. The second-order valence-electron chi connectivity index (χ2n) is 6.22. The maximum absolute atomic E-state index is 11.8. The van der Waals surface area contributed by atoms with Crippen molar-refractivity contribution < 1.29 is 19.4 Å². The van der Waals surface area contributed by atoms with Gasteiger partial charge >= 0.3 is 11.6 Å². The van der Waals surface area contributed by atoms with E-state index < -0.39 is 17.6 Å².